The van der Waals surface area contributed by atoms with Gasteiger partial charge in [0.2, 0.25) is 0 Å². The fourth-order valence-corrected chi connectivity index (χ4v) is 1.17. The highest BCUT2D eigenvalue weighted by molar-refractivity contribution is 6.29. The molecule has 2 rings (SSSR count). The van der Waals surface area contributed by atoms with Crippen LogP contribution in [0, 0.1) is 5.92 Å². The Morgan fingerprint density at radius 1 is 1.36 bits per heavy atom. The monoisotopic (exact) mass is 168 g/mol. The van der Waals surface area contributed by atoms with Gasteiger partial charge in [0.25, 0.3) is 0 Å². The average molecular weight is 169 g/mol. The van der Waals surface area contributed by atoms with E-state index in [1.807, 2.05) is 6.07 Å². The number of aromatic nitrogens is 2. The van der Waals surface area contributed by atoms with Crippen molar-refractivity contribution in [2.75, 3.05) is 0 Å². The minimum Gasteiger partial charge on any atom is -0.154 e. The number of hydrogen-bond donors (Lipinski definition) is 0. The molecule has 0 amide bonds. The van der Waals surface area contributed by atoms with Gasteiger partial charge in [-0.05, 0) is 37.3 Å². The first-order chi connectivity index (χ1) is 5.34. The molecule has 0 bridgehead atoms. The molecule has 1 aromatic rings. The van der Waals surface area contributed by atoms with Crippen LogP contribution in [-0.2, 0) is 6.42 Å². The predicted molar refractivity (Wildman–Crippen MR) is 43.5 cm³/mol. The fourth-order valence-electron chi connectivity index (χ4n) is 1.07. The summed E-state index contributed by atoms with van der Waals surface area (Å²) in [5, 5.41) is 8.23. The molecule has 0 unspecified atom stereocenters. The van der Waals surface area contributed by atoms with Gasteiger partial charge in [-0.15, -0.1) is 5.10 Å². The zero-order chi connectivity index (χ0) is 7.68. The normalized spacial score (nSPS) is 16.8. The van der Waals surface area contributed by atoms with Crippen molar-refractivity contribution in [3.63, 3.8) is 0 Å². The zero-order valence-electron chi connectivity index (χ0n) is 6.13. The molecule has 1 aliphatic carbocycles. The van der Waals surface area contributed by atoms with Crippen molar-refractivity contribution in [2.24, 2.45) is 5.92 Å². The van der Waals surface area contributed by atoms with Gasteiger partial charge in [0, 0.05) is 0 Å². The molecule has 0 saturated heterocycles. The van der Waals surface area contributed by atoms with Crippen molar-refractivity contribution < 1.29 is 0 Å². The van der Waals surface area contributed by atoms with Crippen LogP contribution in [0.25, 0.3) is 0 Å². The molecule has 0 aromatic carbocycles. The molecular weight excluding hydrogens is 160 g/mol. The Labute approximate surface area is 70.6 Å². The summed E-state index contributed by atoms with van der Waals surface area (Å²) >= 11 is 5.59. The van der Waals surface area contributed by atoms with Crippen LogP contribution in [-0.4, -0.2) is 10.2 Å². The van der Waals surface area contributed by atoms with Gasteiger partial charge in [-0.2, -0.15) is 5.10 Å². The lowest BCUT2D eigenvalue weighted by Crippen LogP contribution is -1.93. The van der Waals surface area contributed by atoms with Crippen LogP contribution in [0.1, 0.15) is 18.5 Å². The van der Waals surface area contributed by atoms with E-state index in [1.165, 1.54) is 12.8 Å². The van der Waals surface area contributed by atoms with Crippen LogP contribution < -0.4 is 0 Å². The molecule has 2 nitrogen and oxygen atoms in total. The summed E-state index contributed by atoms with van der Waals surface area (Å²) < 4.78 is 0. The lowest BCUT2D eigenvalue weighted by atomic mass is 10.2. The summed E-state index contributed by atoms with van der Waals surface area (Å²) in [5.41, 5.74) is 1.07. The summed E-state index contributed by atoms with van der Waals surface area (Å²) in [6.07, 6.45) is 3.78. The predicted octanol–water partition coefficient (Wildman–Crippen LogP) is 2.08. The third-order valence-corrected chi connectivity index (χ3v) is 2.08. The first-order valence-corrected chi connectivity index (χ1v) is 4.20. The molecule has 1 aromatic heterocycles. The number of hydrogen-bond acceptors (Lipinski definition) is 2. The Hall–Kier alpha value is -0.630. The Bertz CT molecular complexity index is 241. The Morgan fingerprint density at radius 3 is 2.73 bits per heavy atom. The highest BCUT2D eigenvalue weighted by Crippen LogP contribution is 2.31. The summed E-state index contributed by atoms with van der Waals surface area (Å²) in [5.74, 6) is 0.866. The molecule has 1 saturated carbocycles. The lowest BCUT2D eigenvalue weighted by Gasteiger charge is -1.95. The Kier molecular flexibility index (Phi) is 1.78. The molecular formula is C8H9ClN2. The summed E-state index contributed by atoms with van der Waals surface area (Å²) in [6.45, 7) is 0. The highest BCUT2D eigenvalue weighted by atomic mass is 35.5. The molecule has 11 heavy (non-hydrogen) atoms. The SMILES string of the molecule is Clc1ccc(CC2CC2)nn1. The molecule has 58 valence electrons. The molecule has 1 heterocycles. The highest BCUT2D eigenvalue weighted by Gasteiger charge is 2.21. The van der Waals surface area contributed by atoms with E-state index >= 15 is 0 Å². The van der Waals surface area contributed by atoms with Crippen molar-refractivity contribution in [3.8, 4) is 0 Å². The van der Waals surface area contributed by atoms with Crippen LogP contribution in [0.5, 0.6) is 0 Å². The van der Waals surface area contributed by atoms with Gasteiger partial charge in [0.15, 0.2) is 5.15 Å². The summed E-state index contributed by atoms with van der Waals surface area (Å²) in [4.78, 5) is 0. The van der Waals surface area contributed by atoms with Crippen LogP contribution in [0.4, 0.5) is 0 Å². The maximum atomic E-state index is 5.59. The van der Waals surface area contributed by atoms with Gasteiger partial charge >= 0.3 is 0 Å². The average Bonchev–Trinajstić information content (AvgIpc) is 2.78. The number of rotatable bonds is 2. The molecule has 0 spiro atoms. The second kappa shape index (κ2) is 2.78. The second-order valence-corrected chi connectivity index (χ2v) is 3.38. The van der Waals surface area contributed by atoms with Crippen LogP contribution in [0.3, 0.4) is 0 Å². The molecule has 1 fully saturated rings. The maximum Gasteiger partial charge on any atom is 0.151 e. The van der Waals surface area contributed by atoms with Gasteiger partial charge in [-0.1, -0.05) is 11.6 Å². The van der Waals surface area contributed by atoms with Crippen molar-refractivity contribution in [1.29, 1.82) is 0 Å². The summed E-state index contributed by atoms with van der Waals surface area (Å²) in [6, 6.07) is 3.75. The van der Waals surface area contributed by atoms with Gasteiger partial charge < -0.3 is 0 Å². The van der Waals surface area contributed by atoms with E-state index < -0.39 is 0 Å². The minimum absolute atomic E-state index is 0.476. The van der Waals surface area contributed by atoms with Crippen LogP contribution in [0.2, 0.25) is 5.15 Å². The van der Waals surface area contributed by atoms with E-state index in [4.69, 9.17) is 11.6 Å². The van der Waals surface area contributed by atoms with E-state index in [2.05, 4.69) is 10.2 Å². The van der Waals surface area contributed by atoms with Gasteiger partial charge in [0.05, 0.1) is 5.69 Å². The molecule has 0 aliphatic heterocycles. The molecule has 0 atom stereocenters. The minimum atomic E-state index is 0.476. The fraction of sp³-hybridized carbons (Fsp3) is 0.500. The zero-order valence-corrected chi connectivity index (χ0v) is 6.88. The Balaban J connectivity index is 2.06. The third kappa shape index (κ3) is 1.90. The molecule has 0 N–H and O–H groups in total. The van der Waals surface area contributed by atoms with E-state index in [0.717, 1.165) is 18.0 Å². The van der Waals surface area contributed by atoms with E-state index in [1.54, 1.807) is 6.07 Å². The van der Waals surface area contributed by atoms with Gasteiger partial charge in [-0.25, -0.2) is 0 Å². The van der Waals surface area contributed by atoms with E-state index in [-0.39, 0.29) is 0 Å². The van der Waals surface area contributed by atoms with Crippen molar-refractivity contribution in [2.45, 2.75) is 19.3 Å². The maximum absolute atomic E-state index is 5.59. The quantitative estimate of drug-likeness (QED) is 0.676. The second-order valence-electron chi connectivity index (χ2n) is 2.99. The first-order valence-electron chi connectivity index (χ1n) is 3.83. The summed E-state index contributed by atoms with van der Waals surface area (Å²) in [7, 11) is 0. The van der Waals surface area contributed by atoms with E-state index in [0.29, 0.717) is 5.15 Å². The largest absolute Gasteiger partial charge is 0.154 e. The lowest BCUT2D eigenvalue weighted by molar-refractivity contribution is 0.778. The van der Waals surface area contributed by atoms with Gasteiger partial charge in [-0.3, -0.25) is 0 Å². The molecule has 1 aliphatic rings. The smallest absolute Gasteiger partial charge is 0.151 e. The van der Waals surface area contributed by atoms with E-state index in [9.17, 15) is 0 Å². The van der Waals surface area contributed by atoms with Crippen molar-refractivity contribution in [1.82, 2.24) is 10.2 Å². The third-order valence-electron chi connectivity index (χ3n) is 1.88. The van der Waals surface area contributed by atoms with Crippen LogP contribution in [0.15, 0.2) is 12.1 Å². The van der Waals surface area contributed by atoms with Gasteiger partial charge in [0.1, 0.15) is 0 Å². The first kappa shape index (κ1) is 7.04. The van der Waals surface area contributed by atoms with Crippen molar-refractivity contribution >= 4 is 11.6 Å². The molecule has 3 heteroatoms. The Morgan fingerprint density at radius 2 is 2.18 bits per heavy atom. The number of halogens is 1. The number of nitrogens with zero attached hydrogens (tertiary/aromatic N) is 2. The topological polar surface area (TPSA) is 25.8 Å². The van der Waals surface area contributed by atoms with Crippen molar-refractivity contribution in [3.05, 3.63) is 23.0 Å². The standard InChI is InChI=1S/C8H9ClN2/c9-8-4-3-7(10-11-8)5-6-1-2-6/h3-4,6H,1-2,5H2. The molecule has 0 radical (unpaired) electrons. The van der Waals surface area contributed by atoms with Crippen LogP contribution >= 0.6 is 11.6 Å².